The Balaban J connectivity index is 1.73. The minimum Gasteiger partial charge on any atom is -0.390 e. The number of halogens is 2. The van der Waals surface area contributed by atoms with Crippen LogP contribution in [-0.4, -0.2) is 34.7 Å². The van der Waals surface area contributed by atoms with Crippen molar-refractivity contribution in [3.05, 3.63) is 106 Å². The fraction of sp³-hybridized carbons (Fsp3) is 0.400. The van der Waals surface area contributed by atoms with Crippen LogP contribution in [0.15, 0.2) is 66.7 Å². The van der Waals surface area contributed by atoms with Gasteiger partial charge < -0.3 is 10.4 Å². The zero-order chi connectivity index (χ0) is 24.8. The number of piperidine rings is 1. The van der Waals surface area contributed by atoms with Gasteiger partial charge >= 0.3 is 0 Å². The number of hydrogen-bond donors (Lipinski definition) is 2. The van der Waals surface area contributed by atoms with Crippen molar-refractivity contribution in [1.29, 1.82) is 0 Å². The van der Waals surface area contributed by atoms with E-state index in [9.17, 15) is 13.9 Å². The smallest absolute Gasteiger partial charge is 0.126 e. The summed E-state index contributed by atoms with van der Waals surface area (Å²) >= 11 is 0. The van der Waals surface area contributed by atoms with Crippen LogP contribution in [0.1, 0.15) is 47.1 Å². The van der Waals surface area contributed by atoms with E-state index in [-0.39, 0.29) is 12.1 Å². The van der Waals surface area contributed by atoms with E-state index < -0.39 is 17.7 Å². The van der Waals surface area contributed by atoms with Crippen LogP contribution in [0.5, 0.6) is 0 Å². The second-order valence-corrected chi connectivity index (χ2v) is 9.85. The largest absolute Gasteiger partial charge is 0.390 e. The van der Waals surface area contributed by atoms with Gasteiger partial charge in [0.05, 0.1) is 6.10 Å². The highest BCUT2D eigenvalue weighted by molar-refractivity contribution is 5.28. The molecule has 0 aromatic heterocycles. The van der Waals surface area contributed by atoms with Gasteiger partial charge in [-0.25, -0.2) is 8.78 Å². The monoisotopic (exact) mass is 478 g/mol. The second kappa shape index (κ2) is 11.9. The maximum absolute atomic E-state index is 14.1. The highest BCUT2D eigenvalue weighted by Crippen LogP contribution is 2.25. The minimum atomic E-state index is -0.685. The zero-order valence-electron chi connectivity index (χ0n) is 20.7. The quantitative estimate of drug-likeness (QED) is 0.414. The van der Waals surface area contributed by atoms with Gasteiger partial charge in [-0.15, -0.1) is 0 Å². The molecular weight excluding hydrogens is 442 g/mol. The summed E-state index contributed by atoms with van der Waals surface area (Å²) in [6, 6.07) is 19.8. The molecule has 35 heavy (non-hydrogen) atoms. The molecule has 2 N–H and O–H groups in total. The molecule has 1 heterocycles. The average Bonchev–Trinajstić information content (AvgIpc) is 2.84. The van der Waals surface area contributed by atoms with Gasteiger partial charge in [-0.3, -0.25) is 4.90 Å². The molecule has 0 aliphatic carbocycles. The first-order valence-corrected chi connectivity index (χ1v) is 12.6. The molecule has 0 bridgehead atoms. The molecule has 0 spiro atoms. The first-order valence-electron chi connectivity index (χ1n) is 12.6. The highest BCUT2D eigenvalue weighted by Gasteiger charge is 2.33. The van der Waals surface area contributed by atoms with E-state index in [4.69, 9.17) is 0 Å². The number of nitrogens with one attached hydrogen (secondary N) is 1. The van der Waals surface area contributed by atoms with E-state index >= 15 is 0 Å². The summed E-state index contributed by atoms with van der Waals surface area (Å²) < 4.78 is 28.2. The summed E-state index contributed by atoms with van der Waals surface area (Å²) in [5, 5.41) is 15.2. The third-order valence-corrected chi connectivity index (χ3v) is 7.26. The third-order valence-electron chi connectivity index (χ3n) is 7.26. The molecule has 0 saturated carbocycles. The standard InChI is InChI=1S/C30H36F2N2O/c1-21-9-3-5-11-24(21)19-34(20-25-12-6-4-10-22(25)2)29(30(35)28-13-7-8-14-33-28)17-23-15-26(31)18-27(32)16-23/h3-6,9-12,15-16,18,28-30,33,35H,7-8,13-14,17,19-20H2,1-2H3/t28-,29+,30-/m1/s1. The number of aryl methyl sites for hydroxylation is 2. The number of hydrogen-bond acceptors (Lipinski definition) is 3. The molecule has 1 aliphatic rings. The van der Waals surface area contributed by atoms with E-state index in [1.807, 2.05) is 24.3 Å². The van der Waals surface area contributed by atoms with Crippen molar-refractivity contribution in [3.8, 4) is 0 Å². The number of aliphatic hydroxyl groups is 1. The SMILES string of the molecule is Cc1ccccc1CN(Cc1ccccc1C)[C@@H](Cc1cc(F)cc(F)c1)[C@H](O)[C@H]1CCCCN1. The van der Waals surface area contributed by atoms with Gasteiger partial charge in [-0.05, 0) is 79.6 Å². The van der Waals surface area contributed by atoms with Crippen molar-refractivity contribution < 1.29 is 13.9 Å². The topological polar surface area (TPSA) is 35.5 Å². The highest BCUT2D eigenvalue weighted by atomic mass is 19.1. The summed E-state index contributed by atoms with van der Waals surface area (Å²) in [6.45, 7) is 6.33. The van der Waals surface area contributed by atoms with Crippen LogP contribution in [0, 0.1) is 25.5 Å². The Bertz CT molecular complexity index is 1050. The van der Waals surface area contributed by atoms with E-state index in [0.29, 0.717) is 25.1 Å². The normalized spacial score (nSPS) is 17.9. The Hall–Kier alpha value is -2.60. The van der Waals surface area contributed by atoms with E-state index in [1.165, 1.54) is 34.4 Å². The number of rotatable bonds is 9. The molecule has 0 radical (unpaired) electrons. The van der Waals surface area contributed by atoms with E-state index in [2.05, 4.69) is 48.3 Å². The Morgan fingerprint density at radius 3 is 1.97 bits per heavy atom. The Kier molecular flexibility index (Phi) is 8.66. The third kappa shape index (κ3) is 6.75. The van der Waals surface area contributed by atoms with Crippen LogP contribution in [0.3, 0.4) is 0 Å². The lowest BCUT2D eigenvalue weighted by molar-refractivity contribution is 0.00897. The van der Waals surface area contributed by atoms with Gasteiger partial charge in [0, 0.05) is 31.2 Å². The molecule has 1 fully saturated rings. The fourth-order valence-corrected chi connectivity index (χ4v) is 5.18. The molecule has 5 heteroatoms. The second-order valence-electron chi connectivity index (χ2n) is 9.85. The molecule has 3 aromatic carbocycles. The maximum Gasteiger partial charge on any atom is 0.126 e. The summed E-state index contributed by atoms with van der Waals surface area (Å²) in [4.78, 5) is 2.29. The van der Waals surface area contributed by atoms with Gasteiger partial charge in [-0.2, -0.15) is 0 Å². The van der Waals surface area contributed by atoms with Crippen molar-refractivity contribution in [2.75, 3.05) is 6.54 Å². The first kappa shape index (κ1) is 25.5. The number of aliphatic hydroxyl groups excluding tert-OH is 1. The molecule has 3 aromatic rings. The maximum atomic E-state index is 14.1. The molecule has 3 nitrogen and oxygen atoms in total. The lowest BCUT2D eigenvalue weighted by atomic mass is 9.89. The summed E-state index contributed by atoms with van der Waals surface area (Å²) in [5.74, 6) is -1.18. The molecular formula is C30H36F2N2O. The molecule has 0 amide bonds. The number of benzene rings is 3. The van der Waals surface area contributed by atoms with Crippen molar-refractivity contribution in [3.63, 3.8) is 0 Å². The fourth-order valence-electron chi connectivity index (χ4n) is 5.18. The van der Waals surface area contributed by atoms with Crippen LogP contribution < -0.4 is 5.32 Å². The molecule has 0 unspecified atom stereocenters. The van der Waals surface area contributed by atoms with Crippen molar-refractivity contribution in [2.45, 2.75) is 70.8 Å². The Morgan fingerprint density at radius 2 is 1.46 bits per heavy atom. The van der Waals surface area contributed by atoms with Gasteiger partial charge in [0.15, 0.2) is 0 Å². The van der Waals surface area contributed by atoms with Crippen LogP contribution in [0.25, 0.3) is 0 Å². The van der Waals surface area contributed by atoms with Crippen LogP contribution in [0.4, 0.5) is 8.78 Å². The van der Waals surface area contributed by atoms with Gasteiger partial charge in [0.25, 0.3) is 0 Å². The van der Waals surface area contributed by atoms with Crippen LogP contribution in [0.2, 0.25) is 0 Å². The molecule has 3 atom stereocenters. The lowest BCUT2D eigenvalue weighted by Crippen LogP contribution is -2.54. The van der Waals surface area contributed by atoms with Crippen LogP contribution in [-0.2, 0) is 19.5 Å². The van der Waals surface area contributed by atoms with E-state index in [1.54, 1.807) is 0 Å². The summed E-state index contributed by atoms with van der Waals surface area (Å²) in [6.07, 6.45) is 2.71. The van der Waals surface area contributed by atoms with Gasteiger partial charge in [0.1, 0.15) is 11.6 Å². The van der Waals surface area contributed by atoms with Gasteiger partial charge in [0.2, 0.25) is 0 Å². The number of nitrogens with zero attached hydrogens (tertiary/aromatic N) is 1. The molecule has 1 saturated heterocycles. The summed E-state index contributed by atoms with van der Waals surface area (Å²) in [5.41, 5.74) is 5.29. The molecule has 1 aliphatic heterocycles. The predicted molar refractivity (Wildman–Crippen MR) is 137 cm³/mol. The average molecular weight is 479 g/mol. The lowest BCUT2D eigenvalue weighted by Gasteiger charge is -2.40. The Morgan fingerprint density at radius 1 is 0.886 bits per heavy atom. The Labute approximate surface area is 207 Å². The zero-order valence-corrected chi connectivity index (χ0v) is 20.7. The first-order chi connectivity index (χ1) is 16.9. The molecule has 4 rings (SSSR count). The van der Waals surface area contributed by atoms with Crippen molar-refractivity contribution >= 4 is 0 Å². The minimum absolute atomic E-state index is 0.0524. The summed E-state index contributed by atoms with van der Waals surface area (Å²) in [7, 11) is 0. The van der Waals surface area contributed by atoms with Crippen molar-refractivity contribution in [1.82, 2.24) is 10.2 Å². The van der Waals surface area contributed by atoms with Crippen LogP contribution >= 0.6 is 0 Å². The van der Waals surface area contributed by atoms with E-state index in [0.717, 1.165) is 31.9 Å². The predicted octanol–water partition coefficient (Wildman–Crippen LogP) is 5.70. The van der Waals surface area contributed by atoms with Gasteiger partial charge in [-0.1, -0.05) is 55.0 Å². The molecule has 186 valence electrons. The van der Waals surface area contributed by atoms with Crippen molar-refractivity contribution in [2.24, 2.45) is 0 Å².